The van der Waals surface area contributed by atoms with E-state index >= 15 is 0 Å². The van der Waals surface area contributed by atoms with Gasteiger partial charge < -0.3 is 15.7 Å². The van der Waals surface area contributed by atoms with Gasteiger partial charge in [0.15, 0.2) is 0 Å². The van der Waals surface area contributed by atoms with Gasteiger partial charge in [-0.2, -0.15) is 0 Å². The van der Waals surface area contributed by atoms with Crippen LogP contribution in [0.3, 0.4) is 0 Å². The monoisotopic (exact) mass is 358 g/mol. The average molecular weight is 359 g/mol. The second kappa shape index (κ2) is 6.34. The van der Waals surface area contributed by atoms with Crippen LogP contribution in [0.4, 0.5) is 11.4 Å². The summed E-state index contributed by atoms with van der Waals surface area (Å²) in [5, 5.41) is 14.9. The molecule has 0 aromatic heterocycles. The van der Waals surface area contributed by atoms with Crippen molar-refractivity contribution >= 4 is 38.8 Å². The van der Waals surface area contributed by atoms with Crippen LogP contribution in [-0.2, 0) is 11.2 Å². The zero-order valence-corrected chi connectivity index (χ0v) is 13.4. The van der Waals surface area contributed by atoms with E-state index in [9.17, 15) is 4.79 Å². The third kappa shape index (κ3) is 3.05. The topological polar surface area (TPSA) is 61.4 Å². The van der Waals surface area contributed by atoms with E-state index in [0.717, 1.165) is 27.0 Å². The highest BCUT2D eigenvalue weighted by molar-refractivity contribution is 9.10. The Labute approximate surface area is 137 Å². The molecule has 0 saturated carbocycles. The summed E-state index contributed by atoms with van der Waals surface area (Å²) in [6.45, 7) is 0.142. The Hall–Kier alpha value is -2.11. The number of hydrogen-bond acceptors (Lipinski definition) is 3. The van der Waals surface area contributed by atoms with E-state index in [1.807, 2.05) is 42.5 Å². The van der Waals surface area contributed by atoms with Gasteiger partial charge in [-0.25, -0.2) is 0 Å². The number of nitrogens with one attached hydrogen (secondary N) is 2. The molecule has 1 amide bonds. The fourth-order valence-corrected chi connectivity index (χ4v) is 2.72. The van der Waals surface area contributed by atoms with E-state index in [4.69, 9.17) is 5.11 Å². The Kier molecular flexibility index (Phi) is 4.27. The van der Waals surface area contributed by atoms with E-state index in [1.165, 1.54) is 0 Å². The number of carbonyl (C=O) groups excluding carboxylic acids is 1. The van der Waals surface area contributed by atoms with Crippen LogP contribution in [0.5, 0.6) is 0 Å². The Morgan fingerprint density at radius 3 is 2.68 bits per heavy atom. The summed E-state index contributed by atoms with van der Waals surface area (Å²) in [6.07, 6.45) is 2.36. The van der Waals surface area contributed by atoms with E-state index in [1.54, 1.807) is 6.20 Å². The van der Waals surface area contributed by atoms with Crippen LogP contribution in [0, 0.1) is 0 Å². The van der Waals surface area contributed by atoms with Gasteiger partial charge in [-0.1, -0.05) is 34.1 Å². The van der Waals surface area contributed by atoms with Gasteiger partial charge in [0, 0.05) is 28.5 Å². The SMILES string of the molecule is O=C1Nc2cc(Br)ccc2C1=CNc1ccc(CCO)cc1. The summed E-state index contributed by atoms with van der Waals surface area (Å²) in [6, 6.07) is 13.5. The Morgan fingerprint density at radius 1 is 1.18 bits per heavy atom. The van der Waals surface area contributed by atoms with E-state index in [2.05, 4.69) is 26.6 Å². The number of anilines is 2. The fourth-order valence-electron chi connectivity index (χ4n) is 2.36. The molecular weight excluding hydrogens is 344 g/mol. The maximum absolute atomic E-state index is 12.0. The van der Waals surface area contributed by atoms with Crippen molar-refractivity contribution in [3.63, 3.8) is 0 Å². The molecule has 112 valence electrons. The summed E-state index contributed by atoms with van der Waals surface area (Å²) in [4.78, 5) is 12.0. The normalized spacial score (nSPS) is 14.8. The van der Waals surface area contributed by atoms with Crippen molar-refractivity contribution in [2.24, 2.45) is 0 Å². The van der Waals surface area contributed by atoms with Gasteiger partial charge in [-0.3, -0.25) is 4.79 Å². The second-order valence-corrected chi connectivity index (χ2v) is 5.93. The van der Waals surface area contributed by atoms with Gasteiger partial charge in [0.05, 0.1) is 11.3 Å². The van der Waals surface area contributed by atoms with Crippen LogP contribution < -0.4 is 10.6 Å². The van der Waals surface area contributed by atoms with Gasteiger partial charge in [0.2, 0.25) is 0 Å². The molecule has 0 fully saturated rings. The van der Waals surface area contributed by atoms with Gasteiger partial charge in [-0.15, -0.1) is 0 Å². The van der Waals surface area contributed by atoms with Crippen LogP contribution in [0.15, 0.2) is 53.1 Å². The molecule has 0 spiro atoms. The van der Waals surface area contributed by atoms with Crippen LogP contribution in [0.2, 0.25) is 0 Å². The number of amides is 1. The van der Waals surface area contributed by atoms with E-state index in [-0.39, 0.29) is 12.5 Å². The number of benzene rings is 2. The highest BCUT2D eigenvalue weighted by atomic mass is 79.9. The molecule has 0 bridgehead atoms. The van der Waals surface area contributed by atoms with Crippen molar-refractivity contribution in [2.45, 2.75) is 6.42 Å². The molecule has 1 aliphatic heterocycles. The van der Waals surface area contributed by atoms with Crippen molar-refractivity contribution in [2.75, 3.05) is 17.2 Å². The molecule has 0 atom stereocenters. The van der Waals surface area contributed by atoms with Gasteiger partial charge >= 0.3 is 0 Å². The summed E-state index contributed by atoms with van der Waals surface area (Å²) in [5.74, 6) is -0.113. The molecule has 0 radical (unpaired) electrons. The zero-order chi connectivity index (χ0) is 15.5. The first-order valence-electron chi connectivity index (χ1n) is 6.95. The van der Waals surface area contributed by atoms with Crippen molar-refractivity contribution < 1.29 is 9.90 Å². The minimum absolute atomic E-state index is 0.113. The molecule has 2 aromatic carbocycles. The molecule has 3 rings (SSSR count). The first kappa shape index (κ1) is 14.8. The lowest BCUT2D eigenvalue weighted by molar-refractivity contribution is -0.110. The van der Waals surface area contributed by atoms with Crippen molar-refractivity contribution in [1.82, 2.24) is 0 Å². The van der Waals surface area contributed by atoms with E-state index < -0.39 is 0 Å². The van der Waals surface area contributed by atoms with Crippen molar-refractivity contribution in [3.05, 3.63) is 64.3 Å². The number of hydrogen-bond donors (Lipinski definition) is 3. The highest BCUT2D eigenvalue weighted by Crippen LogP contribution is 2.33. The highest BCUT2D eigenvalue weighted by Gasteiger charge is 2.23. The van der Waals surface area contributed by atoms with Gasteiger partial charge in [-0.05, 0) is 36.2 Å². The minimum Gasteiger partial charge on any atom is -0.396 e. The second-order valence-electron chi connectivity index (χ2n) is 5.02. The largest absolute Gasteiger partial charge is 0.396 e. The fraction of sp³-hybridized carbons (Fsp3) is 0.118. The maximum atomic E-state index is 12.0. The van der Waals surface area contributed by atoms with Crippen LogP contribution in [0.25, 0.3) is 5.57 Å². The Morgan fingerprint density at radius 2 is 1.95 bits per heavy atom. The summed E-state index contributed by atoms with van der Waals surface area (Å²) in [5.41, 5.74) is 4.28. The van der Waals surface area contributed by atoms with Crippen LogP contribution in [-0.4, -0.2) is 17.6 Å². The number of rotatable bonds is 4. The van der Waals surface area contributed by atoms with Crippen LogP contribution >= 0.6 is 15.9 Å². The number of aliphatic hydroxyl groups is 1. The molecule has 2 aromatic rings. The standard InChI is InChI=1S/C17H15BrN2O2/c18-12-3-6-14-15(17(22)20-16(14)9-12)10-19-13-4-1-11(2-5-13)7-8-21/h1-6,9-10,19,21H,7-8H2,(H,20,22). The predicted octanol–water partition coefficient (Wildman–Crippen LogP) is 3.39. The van der Waals surface area contributed by atoms with Gasteiger partial charge in [0.25, 0.3) is 5.91 Å². The first-order valence-corrected chi connectivity index (χ1v) is 7.74. The first-order chi connectivity index (χ1) is 10.7. The molecule has 0 unspecified atom stereocenters. The minimum atomic E-state index is -0.113. The molecule has 3 N–H and O–H groups in total. The number of fused-ring (bicyclic) bond motifs is 1. The molecule has 1 heterocycles. The third-order valence-electron chi connectivity index (χ3n) is 3.50. The molecular formula is C17H15BrN2O2. The average Bonchev–Trinajstić information content (AvgIpc) is 2.81. The van der Waals surface area contributed by atoms with Crippen molar-refractivity contribution in [3.8, 4) is 0 Å². The number of halogens is 1. The summed E-state index contributed by atoms with van der Waals surface area (Å²) in [7, 11) is 0. The van der Waals surface area contributed by atoms with Crippen molar-refractivity contribution in [1.29, 1.82) is 0 Å². The van der Waals surface area contributed by atoms with Crippen LogP contribution in [0.1, 0.15) is 11.1 Å². The van der Waals surface area contributed by atoms with Gasteiger partial charge in [0.1, 0.15) is 0 Å². The zero-order valence-electron chi connectivity index (χ0n) is 11.8. The molecule has 0 saturated heterocycles. The summed E-state index contributed by atoms with van der Waals surface area (Å²) < 4.78 is 0.931. The molecule has 5 heteroatoms. The summed E-state index contributed by atoms with van der Waals surface area (Å²) >= 11 is 3.40. The lowest BCUT2D eigenvalue weighted by Crippen LogP contribution is -2.05. The molecule has 1 aliphatic rings. The third-order valence-corrected chi connectivity index (χ3v) is 4.00. The predicted molar refractivity (Wildman–Crippen MR) is 91.6 cm³/mol. The Balaban J connectivity index is 1.80. The molecule has 22 heavy (non-hydrogen) atoms. The smallest absolute Gasteiger partial charge is 0.257 e. The maximum Gasteiger partial charge on any atom is 0.257 e. The lowest BCUT2D eigenvalue weighted by Gasteiger charge is -2.04. The number of aliphatic hydroxyl groups excluding tert-OH is 1. The quantitative estimate of drug-likeness (QED) is 0.734. The Bertz CT molecular complexity index is 739. The van der Waals surface area contributed by atoms with E-state index in [0.29, 0.717) is 12.0 Å². The molecule has 0 aliphatic carbocycles. The number of carbonyl (C=O) groups is 1. The molecule has 4 nitrogen and oxygen atoms in total. The lowest BCUT2D eigenvalue weighted by atomic mass is 10.1.